The maximum absolute atomic E-state index is 12.3. The Balaban J connectivity index is 1.60. The predicted octanol–water partition coefficient (Wildman–Crippen LogP) is 2.08. The van der Waals surface area contributed by atoms with Crippen LogP contribution in [-0.4, -0.2) is 31.9 Å². The number of aryl methyl sites for hydroxylation is 2. The van der Waals surface area contributed by atoms with Gasteiger partial charge in [0.15, 0.2) is 5.82 Å². The second kappa shape index (κ2) is 7.86. The Hall–Kier alpha value is -3.42. The third-order valence-corrected chi connectivity index (χ3v) is 4.31. The molecule has 0 fully saturated rings. The molecule has 0 atom stereocenters. The van der Waals surface area contributed by atoms with Crippen molar-refractivity contribution in [2.24, 2.45) is 7.05 Å². The van der Waals surface area contributed by atoms with Crippen LogP contribution in [0.25, 0.3) is 11.5 Å². The molecular formula is C19H22N6O2. The van der Waals surface area contributed by atoms with Crippen LogP contribution in [0.2, 0.25) is 0 Å². The molecule has 0 spiro atoms. The summed E-state index contributed by atoms with van der Waals surface area (Å²) in [5.41, 5.74) is 3.36. The molecular weight excluding hydrogens is 344 g/mol. The van der Waals surface area contributed by atoms with Crippen molar-refractivity contribution in [1.82, 2.24) is 24.6 Å². The fourth-order valence-corrected chi connectivity index (χ4v) is 2.62. The third kappa shape index (κ3) is 4.22. The second-order valence-corrected chi connectivity index (χ2v) is 6.28. The van der Waals surface area contributed by atoms with Gasteiger partial charge in [-0.05, 0) is 49.2 Å². The summed E-state index contributed by atoms with van der Waals surface area (Å²) in [7, 11) is 1.65. The van der Waals surface area contributed by atoms with Gasteiger partial charge in [0, 0.05) is 25.5 Å². The Kier molecular flexibility index (Phi) is 5.35. The van der Waals surface area contributed by atoms with Crippen molar-refractivity contribution in [3.8, 4) is 11.5 Å². The van der Waals surface area contributed by atoms with Gasteiger partial charge >= 0.3 is 11.7 Å². The quantitative estimate of drug-likeness (QED) is 0.723. The van der Waals surface area contributed by atoms with E-state index in [4.69, 9.17) is 0 Å². The maximum atomic E-state index is 12.3. The van der Waals surface area contributed by atoms with E-state index in [1.807, 2.05) is 38.1 Å². The number of hydrogen-bond acceptors (Lipinski definition) is 4. The van der Waals surface area contributed by atoms with Crippen molar-refractivity contribution in [3.63, 3.8) is 0 Å². The van der Waals surface area contributed by atoms with Crippen LogP contribution in [0.1, 0.15) is 11.1 Å². The molecule has 3 rings (SSSR count). The highest BCUT2D eigenvalue weighted by atomic mass is 16.2. The zero-order valence-electron chi connectivity index (χ0n) is 15.6. The molecule has 8 heteroatoms. The number of urea groups is 1. The number of rotatable bonds is 5. The Bertz CT molecular complexity index is 1010. The molecule has 27 heavy (non-hydrogen) atoms. The molecule has 0 radical (unpaired) electrons. The van der Waals surface area contributed by atoms with Crippen LogP contribution in [0.4, 0.5) is 10.5 Å². The van der Waals surface area contributed by atoms with Gasteiger partial charge in [0.2, 0.25) is 0 Å². The number of nitrogens with one attached hydrogen (secondary N) is 2. The number of amides is 2. The summed E-state index contributed by atoms with van der Waals surface area (Å²) >= 11 is 0. The van der Waals surface area contributed by atoms with Crippen LogP contribution < -0.4 is 16.3 Å². The van der Waals surface area contributed by atoms with E-state index in [2.05, 4.69) is 20.7 Å². The Morgan fingerprint density at radius 2 is 1.96 bits per heavy atom. The lowest BCUT2D eigenvalue weighted by molar-refractivity contribution is 0.251. The van der Waals surface area contributed by atoms with Crippen LogP contribution in [0, 0.1) is 13.8 Å². The first kappa shape index (κ1) is 18.4. The van der Waals surface area contributed by atoms with Crippen LogP contribution in [0.5, 0.6) is 0 Å². The third-order valence-electron chi connectivity index (χ3n) is 4.31. The minimum Gasteiger partial charge on any atom is -0.336 e. The molecule has 140 valence electrons. The summed E-state index contributed by atoms with van der Waals surface area (Å²) in [6, 6.07) is 10.8. The largest absolute Gasteiger partial charge is 0.346 e. The maximum Gasteiger partial charge on any atom is 0.346 e. The minimum atomic E-state index is -0.327. The molecule has 1 aromatic carbocycles. The van der Waals surface area contributed by atoms with E-state index >= 15 is 0 Å². The summed E-state index contributed by atoms with van der Waals surface area (Å²) in [5, 5.41) is 9.83. The van der Waals surface area contributed by atoms with E-state index in [-0.39, 0.29) is 24.8 Å². The van der Waals surface area contributed by atoms with E-state index < -0.39 is 0 Å². The predicted molar refractivity (Wildman–Crippen MR) is 104 cm³/mol. The molecule has 0 aliphatic heterocycles. The van der Waals surface area contributed by atoms with Gasteiger partial charge in [-0.3, -0.25) is 9.55 Å². The number of carbonyl (C=O) groups excluding carboxylic acids is 1. The number of aromatic nitrogens is 4. The molecule has 2 heterocycles. The minimum absolute atomic E-state index is 0.257. The smallest absolute Gasteiger partial charge is 0.336 e. The number of anilines is 1. The van der Waals surface area contributed by atoms with Crippen molar-refractivity contribution in [2.45, 2.75) is 20.4 Å². The highest BCUT2D eigenvalue weighted by Crippen LogP contribution is 2.14. The van der Waals surface area contributed by atoms with Crippen molar-refractivity contribution in [2.75, 3.05) is 11.9 Å². The lowest BCUT2D eigenvalue weighted by atomic mass is 10.1. The summed E-state index contributed by atoms with van der Waals surface area (Å²) in [4.78, 5) is 28.6. The molecule has 8 nitrogen and oxygen atoms in total. The van der Waals surface area contributed by atoms with Gasteiger partial charge in [0.1, 0.15) is 5.69 Å². The first-order valence-corrected chi connectivity index (χ1v) is 8.63. The standard InChI is InChI=1S/C19H22N6O2/c1-13-7-8-15(12-14(13)2)22-18(26)21-10-11-25-19(27)24(3)17(23-25)16-6-4-5-9-20-16/h4-9,12H,10-11H2,1-3H3,(H2,21,22,26). The molecule has 0 unspecified atom stereocenters. The van der Waals surface area contributed by atoms with E-state index in [1.54, 1.807) is 25.4 Å². The average Bonchev–Trinajstić information content (AvgIpc) is 2.94. The Labute approximate surface area is 156 Å². The van der Waals surface area contributed by atoms with Crippen LogP contribution in [0.15, 0.2) is 47.4 Å². The van der Waals surface area contributed by atoms with Gasteiger partial charge in [-0.25, -0.2) is 14.3 Å². The summed E-state index contributed by atoms with van der Waals surface area (Å²) in [6.07, 6.45) is 1.65. The average molecular weight is 366 g/mol. The topological polar surface area (TPSA) is 93.8 Å². The lowest BCUT2D eigenvalue weighted by Crippen LogP contribution is -2.34. The van der Waals surface area contributed by atoms with E-state index in [1.165, 1.54) is 14.8 Å². The Morgan fingerprint density at radius 1 is 1.15 bits per heavy atom. The molecule has 2 N–H and O–H groups in total. The zero-order chi connectivity index (χ0) is 19.4. The summed E-state index contributed by atoms with van der Waals surface area (Å²) < 4.78 is 2.76. The summed E-state index contributed by atoms with van der Waals surface area (Å²) in [6.45, 7) is 4.54. The van der Waals surface area contributed by atoms with Gasteiger partial charge < -0.3 is 10.6 Å². The molecule has 2 aromatic heterocycles. The second-order valence-electron chi connectivity index (χ2n) is 6.28. The first-order valence-electron chi connectivity index (χ1n) is 8.63. The SMILES string of the molecule is Cc1ccc(NC(=O)NCCn2nc(-c3ccccn3)n(C)c2=O)cc1C. The van der Waals surface area contributed by atoms with Crippen LogP contribution in [0.3, 0.4) is 0 Å². The first-order chi connectivity index (χ1) is 13.0. The van der Waals surface area contributed by atoms with Crippen molar-refractivity contribution >= 4 is 11.7 Å². The molecule has 0 saturated heterocycles. The number of hydrogen-bond donors (Lipinski definition) is 2. The highest BCUT2D eigenvalue weighted by molar-refractivity contribution is 5.89. The number of pyridine rings is 1. The van der Waals surface area contributed by atoms with Gasteiger partial charge in [0.25, 0.3) is 0 Å². The van der Waals surface area contributed by atoms with Gasteiger partial charge in [0.05, 0.1) is 6.54 Å². The van der Waals surface area contributed by atoms with Gasteiger partial charge in [-0.2, -0.15) is 0 Å². The van der Waals surface area contributed by atoms with Gasteiger partial charge in [-0.15, -0.1) is 5.10 Å². The molecule has 3 aromatic rings. The molecule has 0 aliphatic rings. The van der Waals surface area contributed by atoms with Crippen molar-refractivity contribution in [1.29, 1.82) is 0 Å². The number of benzene rings is 1. The molecule has 2 amide bonds. The number of nitrogens with zero attached hydrogens (tertiary/aromatic N) is 4. The normalized spacial score (nSPS) is 10.6. The molecule has 0 saturated carbocycles. The number of carbonyl (C=O) groups is 1. The van der Waals surface area contributed by atoms with E-state index in [0.29, 0.717) is 11.5 Å². The lowest BCUT2D eigenvalue weighted by Gasteiger charge is -2.09. The van der Waals surface area contributed by atoms with Crippen molar-refractivity contribution in [3.05, 3.63) is 64.2 Å². The van der Waals surface area contributed by atoms with E-state index in [0.717, 1.165) is 11.3 Å². The monoisotopic (exact) mass is 366 g/mol. The molecule has 0 aliphatic carbocycles. The molecule has 0 bridgehead atoms. The highest BCUT2D eigenvalue weighted by Gasteiger charge is 2.13. The van der Waals surface area contributed by atoms with Crippen LogP contribution >= 0.6 is 0 Å². The zero-order valence-corrected chi connectivity index (χ0v) is 15.6. The van der Waals surface area contributed by atoms with Crippen molar-refractivity contribution < 1.29 is 4.79 Å². The van der Waals surface area contributed by atoms with Gasteiger partial charge in [-0.1, -0.05) is 12.1 Å². The van der Waals surface area contributed by atoms with E-state index in [9.17, 15) is 9.59 Å². The fraction of sp³-hybridized carbons (Fsp3) is 0.263. The van der Waals surface area contributed by atoms with Crippen LogP contribution in [-0.2, 0) is 13.6 Å². The summed E-state index contributed by atoms with van der Waals surface area (Å²) in [5.74, 6) is 0.486. The fourth-order valence-electron chi connectivity index (χ4n) is 2.62. The Morgan fingerprint density at radius 3 is 2.67 bits per heavy atom.